The molecule has 1 N–H and O–H groups in total. The topological polar surface area (TPSA) is 92.5 Å². The molecule has 1 aliphatic rings. The van der Waals surface area contributed by atoms with Gasteiger partial charge in [-0.1, -0.05) is 18.2 Å². The lowest BCUT2D eigenvalue weighted by molar-refractivity contribution is -0.128. The van der Waals surface area contributed by atoms with Gasteiger partial charge in [0.2, 0.25) is 11.7 Å². The Morgan fingerprint density at radius 1 is 1.26 bits per heavy atom. The second kappa shape index (κ2) is 6.42. The van der Waals surface area contributed by atoms with Gasteiger partial charge in [-0.25, -0.2) is 13.9 Å². The van der Waals surface area contributed by atoms with Crippen LogP contribution in [0.4, 0.5) is 4.39 Å². The summed E-state index contributed by atoms with van der Waals surface area (Å²) >= 11 is 0. The van der Waals surface area contributed by atoms with Crippen molar-refractivity contribution in [2.45, 2.75) is 19.9 Å². The van der Waals surface area contributed by atoms with Crippen molar-refractivity contribution in [2.24, 2.45) is 0 Å². The van der Waals surface area contributed by atoms with E-state index >= 15 is 0 Å². The van der Waals surface area contributed by atoms with E-state index in [4.69, 9.17) is 0 Å². The van der Waals surface area contributed by atoms with Crippen LogP contribution in [0.25, 0.3) is 5.78 Å². The monoisotopic (exact) mass is 368 g/mol. The van der Waals surface area contributed by atoms with Crippen molar-refractivity contribution >= 4 is 17.6 Å². The summed E-state index contributed by atoms with van der Waals surface area (Å²) in [4.78, 5) is 35.3. The first-order valence-electron chi connectivity index (χ1n) is 8.50. The normalized spacial score (nSPS) is 17.2. The van der Waals surface area contributed by atoms with E-state index in [-0.39, 0.29) is 24.5 Å². The lowest BCUT2D eigenvalue weighted by Gasteiger charge is -2.34. The highest BCUT2D eigenvalue weighted by molar-refractivity contribution is 5.96. The van der Waals surface area contributed by atoms with Crippen LogP contribution in [0.3, 0.4) is 0 Å². The summed E-state index contributed by atoms with van der Waals surface area (Å²) < 4.78 is 15.8. The van der Waals surface area contributed by atoms with Crippen molar-refractivity contribution in [3.63, 3.8) is 0 Å². The number of aromatic nitrogens is 4. The minimum absolute atomic E-state index is 0.0766. The zero-order valence-electron chi connectivity index (χ0n) is 14.8. The van der Waals surface area contributed by atoms with Gasteiger partial charge >= 0.3 is 0 Å². The summed E-state index contributed by atoms with van der Waals surface area (Å²) in [6, 6.07) is 6.67. The van der Waals surface area contributed by atoms with E-state index in [9.17, 15) is 14.0 Å². The summed E-state index contributed by atoms with van der Waals surface area (Å²) in [6.07, 6.45) is 0. The zero-order valence-corrected chi connectivity index (χ0v) is 14.8. The maximum atomic E-state index is 14.3. The van der Waals surface area contributed by atoms with Gasteiger partial charge in [-0.15, -0.1) is 5.10 Å². The fourth-order valence-corrected chi connectivity index (χ4v) is 3.28. The quantitative estimate of drug-likeness (QED) is 0.734. The average Bonchev–Trinajstić information content (AvgIpc) is 3.06. The molecule has 1 unspecified atom stereocenters. The SMILES string of the molecule is Cc1cc(C)n2nc(C(=O)N3CCNC(=O)C3c3ccccc3F)nc2n1. The van der Waals surface area contributed by atoms with Gasteiger partial charge in [0.1, 0.15) is 11.9 Å². The van der Waals surface area contributed by atoms with Crippen LogP contribution < -0.4 is 5.32 Å². The molecule has 2 amide bonds. The summed E-state index contributed by atoms with van der Waals surface area (Å²) in [6.45, 7) is 4.16. The van der Waals surface area contributed by atoms with Crippen LogP contribution >= 0.6 is 0 Å². The van der Waals surface area contributed by atoms with Crippen molar-refractivity contribution in [3.05, 3.63) is 58.9 Å². The maximum absolute atomic E-state index is 14.3. The largest absolute Gasteiger partial charge is 0.352 e. The molecule has 1 atom stereocenters. The Morgan fingerprint density at radius 3 is 2.81 bits per heavy atom. The molecule has 8 nitrogen and oxygen atoms in total. The highest BCUT2D eigenvalue weighted by Crippen LogP contribution is 2.26. The Kier molecular flexibility index (Phi) is 4.06. The molecule has 1 saturated heterocycles. The number of carbonyl (C=O) groups is 2. The Balaban J connectivity index is 1.76. The molecule has 1 fully saturated rings. The van der Waals surface area contributed by atoms with Crippen LogP contribution in [0.5, 0.6) is 0 Å². The minimum Gasteiger partial charge on any atom is -0.352 e. The predicted molar refractivity (Wildman–Crippen MR) is 93.4 cm³/mol. The van der Waals surface area contributed by atoms with E-state index in [0.29, 0.717) is 5.78 Å². The molecule has 0 radical (unpaired) electrons. The number of nitrogens with one attached hydrogen (secondary N) is 1. The van der Waals surface area contributed by atoms with E-state index in [2.05, 4.69) is 20.4 Å². The van der Waals surface area contributed by atoms with E-state index < -0.39 is 23.7 Å². The van der Waals surface area contributed by atoms with Gasteiger partial charge in [0, 0.05) is 30.0 Å². The lowest BCUT2D eigenvalue weighted by Crippen LogP contribution is -2.52. The first kappa shape index (κ1) is 17.1. The van der Waals surface area contributed by atoms with Crippen LogP contribution in [0, 0.1) is 19.7 Å². The van der Waals surface area contributed by atoms with Gasteiger partial charge < -0.3 is 10.2 Å². The predicted octanol–water partition coefficient (Wildman–Crippen LogP) is 1.19. The summed E-state index contributed by atoms with van der Waals surface area (Å²) in [5.41, 5.74) is 1.68. The van der Waals surface area contributed by atoms with Crippen molar-refractivity contribution in [3.8, 4) is 0 Å². The molecule has 138 valence electrons. The Labute approximate surface area is 154 Å². The first-order chi connectivity index (χ1) is 13.0. The second-order valence-corrected chi connectivity index (χ2v) is 6.40. The molecule has 0 spiro atoms. The van der Waals surface area contributed by atoms with Gasteiger partial charge in [-0.3, -0.25) is 9.59 Å². The molecule has 1 aromatic carbocycles. The molecule has 3 heterocycles. The number of nitrogens with zero attached hydrogens (tertiary/aromatic N) is 5. The number of hydrogen-bond acceptors (Lipinski definition) is 5. The van der Waals surface area contributed by atoms with E-state index in [1.165, 1.54) is 27.6 Å². The highest BCUT2D eigenvalue weighted by Gasteiger charge is 2.37. The molecule has 4 rings (SSSR count). The number of benzene rings is 1. The Morgan fingerprint density at radius 2 is 2.04 bits per heavy atom. The molecule has 2 aromatic heterocycles. The Hall–Kier alpha value is -3.36. The number of halogens is 1. The second-order valence-electron chi connectivity index (χ2n) is 6.40. The van der Waals surface area contributed by atoms with Gasteiger partial charge in [0.05, 0.1) is 0 Å². The minimum atomic E-state index is -1.07. The number of aryl methyl sites for hydroxylation is 2. The van der Waals surface area contributed by atoms with Gasteiger partial charge in [-0.2, -0.15) is 4.98 Å². The van der Waals surface area contributed by atoms with Crippen molar-refractivity contribution in [2.75, 3.05) is 13.1 Å². The zero-order chi connectivity index (χ0) is 19.1. The molecule has 0 bridgehead atoms. The molecule has 9 heteroatoms. The summed E-state index contributed by atoms with van der Waals surface area (Å²) in [5.74, 6) is -1.30. The van der Waals surface area contributed by atoms with Gasteiger partial charge in [0.25, 0.3) is 11.7 Å². The first-order valence-corrected chi connectivity index (χ1v) is 8.50. The summed E-state index contributed by atoms with van der Waals surface area (Å²) in [7, 11) is 0. The third-order valence-electron chi connectivity index (χ3n) is 4.48. The van der Waals surface area contributed by atoms with Crippen LogP contribution in [-0.4, -0.2) is 49.4 Å². The van der Waals surface area contributed by atoms with E-state index in [1.54, 1.807) is 6.07 Å². The van der Waals surface area contributed by atoms with E-state index in [1.807, 2.05) is 19.9 Å². The smallest absolute Gasteiger partial charge is 0.294 e. The number of rotatable bonds is 2. The van der Waals surface area contributed by atoms with E-state index in [0.717, 1.165) is 11.4 Å². The average molecular weight is 368 g/mol. The molecule has 3 aromatic rings. The fraction of sp³-hybridized carbons (Fsp3) is 0.278. The van der Waals surface area contributed by atoms with Gasteiger partial charge in [0.15, 0.2) is 0 Å². The number of carbonyl (C=O) groups excluding carboxylic acids is 2. The molecule has 0 saturated carbocycles. The van der Waals surface area contributed by atoms with Crippen LogP contribution in [0.1, 0.15) is 33.6 Å². The number of hydrogen-bond donors (Lipinski definition) is 1. The van der Waals surface area contributed by atoms with Crippen LogP contribution in [0.15, 0.2) is 30.3 Å². The molecular weight excluding hydrogens is 351 g/mol. The van der Waals surface area contributed by atoms with Crippen LogP contribution in [0.2, 0.25) is 0 Å². The van der Waals surface area contributed by atoms with Crippen LogP contribution in [-0.2, 0) is 4.79 Å². The number of piperazine rings is 1. The highest BCUT2D eigenvalue weighted by atomic mass is 19.1. The Bertz CT molecular complexity index is 1060. The lowest BCUT2D eigenvalue weighted by atomic mass is 10.0. The fourth-order valence-electron chi connectivity index (χ4n) is 3.28. The van der Waals surface area contributed by atoms with Gasteiger partial charge in [-0.05, 0) is 26.0 Å². The third kappa shape index (κ3) is 2.90. The van der Waals surface area contributed by atoms with Crippen molar-refractivity contribution in [1.82, 2.24) is 29.8 Å². The molecular formula is C18H17FN6O2. The molecule has 27 heavy (non-hydrogen) atoms. The maximum Gasteiger partial charge on any atom is 0.294 e. The van der Waals surface area contributed by atoms with Crippen molar-refractivity contribution in [1.29, 1.82) is 0 Å². The summed E-state index contributed by atoms with van der Waals surface area (Å²) in [5, 5.41) is 6.91. The van der Waals surface area contributed by atoms with Crippen molar-refractivity contribution < 1.29 is 14.0 Å². The number of amides is 2. The molecule has 1 aliphatic heterocycles. The standard InChI is InChI=1S/C18H17FN6O2/c1-10-9-11(2)25-18(21-10)22-15(23-25)17(27)24-8-7-20-16(26)14(24)12-5-3-4-6-13(12)19/h3-6,9,14H,7-8H2,1-2H3,(H,20,26). The third-order valence-corrected chi connectivity index (χ3v) is 4.48. The number of fused-ring (bicyclic) bond motifs is 1. The molecule has 0 aliphatic carbocycles.